The van der Waals surface area contributed by atoms with Gasteiger partial charge in [0.1, 0.15) is 17.2 Å². The van der Waals surface area contributed by atoms with E-state index in [1.165, 1.54) is 5.56 Å². The van der Waals surface area contributed by atoms with Gasteiger partial charge in [-0.15, -0.1) is 11.6 Å². The van der Waals surface area contributed by atoms with E-state index in [0.717, 1.165) is 24.2 Å². The second kappa shape index (κ2) is 8.83. The number of nitrogens with zero attached hydrogens (tertiary/aromatic N) is 5. The number of ether oxygens (including phenoxy) is 1. The minimum atomic E-state index is -0.304. The molecule has 9 nitrogen and oxygen atoms in total. The van der Waals surface area contributed by atoms with Crippen molar-refractivity contribution in [3.63, 3.8) is 0 Å². The molecule has 0 radical (unpaired) electrons. The fourth-order valence-corrected chi connectivity index (χ4v) is 4.92. The molecule has 2 aromatic carbocycles. The zero-order valence-corrected chi connectivity index (χ0v) is 20.4. The van der Waals surface area contributed by atoms with Gasteiger partial charge in [-0.3, -0.25) is 14.5 Å². The number of nitrogen functional groups attached to an aromatic ring is 1. The number of hydrogen-bond acceptors (Lipinski definition) is 7. The van der Waals surface area contributed by atoms with E-state index in [-0.39, 0.29) is 17.5 Å². The molecule has 3 aromatic heterocycles. The summed E-state index contributed by atoms with van der Waals surface area (Å²) in [4.78, 5) is 25.0. The Balaban J connectivity index is 1.42. The number of aromatic amines is 1. The first-order valence-corrected chi connectivity index (χ1v) is 12.2. The van der Waals surface area contributed by atoms with Gasteiger partial charge in [-0.2, -0.15) is 10.1 Å². The van der Waals surface area contributed by atoms with Gasteiger partial charge in [-0.1, -0.05) is 30.3 Å². The number of benzene rings is 2. The summed E-state index contributed by atoms with van der Waals surface area (Å²) < 4.78 is 7.77. The lowest BCUT2D eigenvalue weighted by Crippen LogP contribution is -2.36. The van der Waals surface area contributed by atoms with E-state index in [0.29, 0.717) is 46.0 Å². The maximum Gasteiger partial charge on any atom is 0.270 e. The summed E-state index contributed by atoms with van der Waals surface area (Å²) in [5, 5.41) is 7.89. The number of anilines is 2. The Morgan fingerprint density at radius 3 is 2.83 bits per heavy atom. The molecule has 6 rings (SSSR count). The number of aromatic nitrogens is 5. The van der Waals surface area contributed by atoms with E-state index in [2.05, 4.69) is 21.2 Å². The number of aryl methyl sites for hydroxylation is 1. The van der Waals surface area contributed by atoms with Crippen LogP contribution >= 0.6 is 11.6 Å². The lowest BCUT2D eigenvalue weighted by Gasteiger charge is -2.29. The second-order valence-electron chi connectivity index (χ2n) is 8.97. The van der Waals surface area contributed by atoms with Crippen LogP contribution in [0.15, 0.2) is 59.5 Å². The maximum absolute atomic E-state index is 13.6. The first-order valence-electron chi connectivity index (χ1n) is 11.7. The normalized spacial score (nSPS) is 15.1. The lowest BCUT2D eigenvalue weighted by molar-refractivity contribution is 0.179. The van der Waals surface area contributed by atoms with Crippen molar-refractivity contribution in [1.82, 2.24) is 24.7 Å². The fraction of sp³-hybridized carbons (Fsp3) is 0.231. The van der Waals surface area contributed by atoms with E-state index in [1.807, 2.05) is 54.4 Å². The summed E-state index contributed by atoms with van der Waals surface area (Å²) in [6.07, 6.45) is 3.57. The molecule has 1 atom stereocenters. The summed E-state index contributed by atoms with van der Waals surface area (Å²) in [6.45, 7) is 0.605. The zero-order valence-electron chi connectivity index (χ0n) is 19.6. The van der Waals surface area contributed by atoms with Gasteiger partial charge in [0.15, 0.2) is 11.5 Å². The molecule has 1 aliphatic heterocycles. The molecule has 5 aromatic rings. The highest BCUT2D eigenvalue weighted by Gasteiger charge is 2.23. The van der Waals surface area contributed by atoms with Crippen LogP contribution < -0.4 is 20.9 Å². The maximum atomic E-state index is 13.6. The smallest absolute Gasteiger partial charge is 0.270 e. The molecule has 0 bridgehead atoms. The van der Waals surface area contributed by atoms with Crippen LogP contribution in [0.1, 0.15) is 17.5 Å². The number of rotatable bonds is 5. The molecular formula is C26H24ClN7O2. The van der Waals surface area contributed by atoms with Gasteiger partial charge in [-0.05, 0) is 42.2 Å². The average molecular weight is 502 g/mol. The number of pyridine rings is 1. The van der Waals surface area contributed by atoms with Crippen LogP contribution in [0.4, 0.5) is 11.8 Å². The standard InChI is InChI=1S/C26H24ClN7O2/c1-33(14-18-11-8-16-4-2-3-5-20(16)36-18)26-29-13-19-22-21(23(28)32-31-22)25(35)34(24(19)30-26)17-9-6-15(12-27)7-10-17/h2-7,9-10,13,18H,8,11-12,14H2,1H3,(H3,28,31,32). The highest BCUT2D eigenvalue weighted by atomic mass is 35.5. The number of alkyl halides is 1. The fourth-order valence-electron chi connectivity index (χ4n) is 4.74. The van der Waals surface area contributed by atoms with Crippen LogP contribution in [0.2, 0.25) is 0 Å². The number of likely N-dealkylation sites (N-methyl/N-ethyl adjacent to an activating group) is 1. The van der Waals surface area contributed by atoms with Crippen LogP contribution in [-0.2, 0) is 12.3 Å². The van der Waals surface area contributed by atoms with Crippen molar-refractivity contribution < 1.29 is 4.74 Å². The quantitative estimate of drug-likeness (QED) is 0.352. The van der Waals surface area contributed by atoms with Gasteiger partial charge >= 0.3 is 0 Å². The van der Waals surface area contributed by atoms with Crippen LogP contribution in [0.3, 0.4) is 0 Å². The molecule has 1 unspecified atom stereocenters. The van der Waals surface area contributed by atoms with Gasteiger partial charge in [0.2, 0.25) is 5.95 Å². The van der Waals surface area contributed by atoms with Crippen LogP contribution in [0.25, 0.3) is 27.6 Å². The van der Waals surface area contributed by atoms with Gasteiger partial charge in [0.25, 0.3) is 5.56 Å². The number of halogens is 1. The SMILES string of the molecule is CN(CC1CCc2ccccc2O1)c1ncc2c3[nH]nc(N)c3c(=O)n(-c3ccc(CCl)cc3)c2n1. The van der Waals surface area contributed by atoms with Gasteiger partial charge in [-0.25, -0.2) is 4.98 Å². The van der Waals surface area contributed by atoms with Gasteiger partial charge < -0.3 is 15.4 Å². The minimum Gasteiger partial charge on any atom is -0.488 e. The molecular weight excluding hydrogens is 478 g/mol. The van der Waals surface area contributed by atoms with E-state index in [4.69, 9.17) is 27.1 Å². The Hall–Kier alpha value is -4.11. The number of para-hydroxylation sites is 1. The molecule has 0 amide bonds. The van der Waals surface area contributed by atoms with E-state index < -0.39 is 0 Å². The lowest BCUT2D eigenvalue weighted by atomic mass is 10.0. The molecule has 0 spiro atoms. The Labute approximate surface area is 211 Å². The summed E-state index contributed by atoms with van der Waals surface area (Å²) >= 11 is 5.97. The van der Waals surface area contributed by atoms with Crippen molar-refractivity contribution in [1.29, 1.82) is 0 Å². The van der Waals surface area contributed by atoms with Crippen molar-refractivity contribution in [2.75, 3.05) is 24.2 Å². The van der Waals surface area contributed by atoms with E-state index >= 15 is 0 Å². The summed E-state index contributed by atoms with van der Waals surface area (Å²) in [6, 6.07) is 15.6. The number of fused-ring (bicyclic) bond motifs is 4. The summed E-state index contributed by atoms with van der Waals surface area (Å²) in [5.41, 5.74) is 9.54. The first kappa shape index (κ1) is 22.4. The number of nitrogens with one attached hydrogen (secondary N) is 1. The van der Waals surface area contributed by atoms with Crippen molar-refractivity contribution in [3.8, 4) is 11.4 Å². The largest absolute Gasteiger partial charge is 0.488 e. The molecule has 10 heteroatoms. The van der Waals surface area contributed by atoms with Crippen LogP contribution in [0, 0.1) is 0 Å². The Bertz CT molecular complexity index is 1640. The molecule has 0 saturated carbocycles. The van der Waals surface area contributed by atoms with E-state index in [1.54, 1.807) is 10.8 Å². The second-order valence-corrected chi connectivity index (χ2v) is 9.24. The Morgan fingerprint density at radius 2 is 2.03 bits per heavy atom. The van der Waals surface area contributed by atoms with Crippen molar-refractivity contribution in [3.05, 3.63) is 76.2 Å². The van der Waals surface area contributed by atoms with Crippen molar-refractivity contribution in [2.24, 2.45) is 0 Å². The molecule has 1 aliphatic rings. The van der Waals surface area contributed by atoms with Crippen molar-refractivity contribution in [2.45, 2.75) is 24.8 Å². The number of H-pyrrole nitrogens is 1. The predicted molar refractivity (Wildman–Crippen MR) is 141 cm³/mol. The third kappa shape index (κ3) is 3.72. The summed E-state index contributed by atoms with van der Waals surface area (Å²) in [7, 11) is 1.93. The monoisotopic (exact) mass is 501 g/mol. The van der Waals surface area contributed by atoms with Crippen LogP contribution in [-0.4, -0.2) is 44.4 Å². The third-order valence-corrected chi connectivity index (χ3v) is 6.93. The highest BCUT2D eigenvalue weighted by molar-refractivity contribution is 6.17. The van der Waals surface area contributed by atoms with Gasteiger partial charge in [0.05, 0.1) is 23.1 Å². The summed E-state index contributed by atoms with van der Waals surface area (Å²) in [5.74, 6) is 1.94. The Morgan fingerprint density at radius 1 is 1.22 bits per heavy atom. The third-order valence-electron chi connectivity index (χ3n) is 6.62. The predicted octanol–water partition coefficient (Wildman–Crippen LogP) is 3.81. The van der Waals surface area contributed by atoms with Crippen molar-refractivity contribution >= 4 is 45.3 Å². The minimum absolute atomic E-state index is 0.00405. The molecule has 182 valence electrons. The molecule has 4 heterocycles. The average Bonchev–Trinajstić information content (AvgIpc) is 3.30. The molecule has 0 fully saturated rings. The number of hydrogen-bond donors (Lipinski definition) is 2. The number of nitrogens with two attached hydrogens (primary N) is 1. The van der Waals surface area contributed by atoms with E-state index in [9.17, 15) is 4.79 Å². The van der Waals surface area contributed by atoms with Gasteiger partial charge in [0, 0.05) is 19.1 Å². The zero-order chi connectivity index (χ0) is 24.8. The molecule has 0 saturated heterocycles. The van der Waals surface area contributed by atoms with Crippen LogP contribution in [0.5, 0.6) is 5.75 Å². The highest BCUT2D eigenvalue weighted by Crippen LogP contribution is 2.29. The molecule has 0 aliphatic carbocycles. The Kier molecular flexibility index (Phi) is 5.49. The first-order chi connectivity index (χ1) is 17.5. The topological polar surface area (TPSA) is 115 Å². The molecule has 3 N–H and O–H groups in total. The molecule has 36 heavy (non-hydrogen) atoms.